The van der Waals surface area contributed by atoms with E-state index < -0.39 is 0 Å². The second-order valence-corrected chi connectivity index (χ2v) is 3.39. The molecular formula is C12H12N2O2. The molecule has 0 aliphatic carbocycles. The van der Waals surface area contributed by atoms with Gasteiger partial charge < -0.3 is 10.2 Å². The van der Waals surface area contributed by atoms with E-state index in [-0.39, 0.29) is 11.5 Å². The minimum Gasteiger partial charge on any atom is -0.437 e. The highest BCUT2D eigenvalue weighted by molar-refractivity contribution is 6.10. The Morgan fingerprint density at radius 2 is 2.19 bits per heavy atom. The Morgan fingerprint density at radius 3 is 2.81 bits per heavy atom. The van der Waals surface area contributed by atoms with Gasteiger partial charge in [-0.1, -0.05) is 19.1 Å². The molecule has 16 heavy (non-hydrogen) atoms. The fraction of sp³-hybridized carbons (Fsp3) is 0.167. The van der Waals surface area contributed by atoms with E-state index in [2.05, 4.69) is 4.98 Å². The lowest BCUT2D eigenvalue weighted by atomic mass is 10.1. The first-order valence-corrected chi connectivity index (χ1v) is 5.06. The van der Waals surface area contributed by atoms with Gasteiger partial charge in [-0.15, -0.1) is 0 Å². The fourth-order valence-corrected chi connectivity index (χ4v) is 1.42. The van der Waals surface area contributed by atoms with Crippen molar-refractivity contribution < 1.29 is 9.21 Å². The summed E-state index contributed by atoms with van der Waals surface area (Å²) in [6.45, 7) is 1.91. The summed E-state index contributed by atoms with van der Waals surface area (Å²) in [5.41, 5.74) is 6.61. The Kier molecular flexibility index (Phi) is 2.72. The number of ketones is 1. The SMILES string of the molecule is CCc1ncc(C(=O)c2ccccc2N)o1. The molecule has 4 nitrogen and oxygen atoms in total. The molecular weight excluding hydrogens is 204 g/mol. The van der Waals surface area contributed by atoms with E-state index in [9.17, 15) is 4.79 Å². The maximum atomic E-state index is 12.0. The van der Waals surface area contributed by atoms with E-state index in [0.29, 0.717) is 23.6 Å². The Labute approximate surface area is 93.1 Å². The number of nitrogen functional groups attached to an aromatic ring is 1. The van der Waals surface area contributed by atoms with Crippen LogP contribution >= 0.6 is 0 Å². The number of benzene rings is 1. The standard InChI is InChI=1S/C12H12N2O2/c1-2-11-14-7-10(16-11)12(15)8-5-3-4-6-9(8)13/h3-7H,2,13H2,1H3. The van der Waals surface area contributed by atoms with E-state index in [4.69, 9.17) is 10.2 Å². The van der Waals surface area contributed by atoms with Gasteiger partial charge in [0.05, 0.1) is 6.20 Å². The molecule has 0 fully saturated rings. The first-order chi connectivity index (χ1) is 7.72. The number of hydrogen-bond donors (Lipinski definition) is 1. The van der Waals surface area contributed by atoms with Crippen molar-refractivity contribution in [2.24, 2.45) is 0 Å². The summed E-state index contributed by atoms with van der Waals surface area (Å²) < 4.78 is 5.29. The molecule has 0 aliphatic rings. The smallest absolute Gasteiger partial charge is 0.231 e. The van der Waals surface area contributed by atoms with Crippen molar-refractivity contribution >= 4 is 11.5 Å². The van der Waals surface area contributed by atoms with Crippen LogP contribution in [0.3, 0.4) is 0 Å². The number of anilines is 1. The normalized spacial score (nSPS) is 10.3. The maximum Gasteiger partial charge on any atom is 0.231 e. The van der Waals surface area contributed by atoms with Crippen LogP contribution < -0.4 is 5.73 Å². The molecule has 0 radical (unpaired) electrons. The van der Waals surface area contributed by atoms with Gasteiger partial charge in [0.2, 0.25) is 5.78 Å². The number of aromatic nitrogens is 1. The van der Waals surface area contributed by atoms with Gasteiger partial charge in [-0.2, -0.15) is 0 Å². The molecule has 0 saturated carbocycles. The van der Waals surface area contributed by atoms with Gasteiger partial charge in [0, 0.05) is 17.7 Å². The molecule has 0 spiro atoms. The number of nitrogens with zero attached hydrogens (tertiary/aromatic N) is 1. The minimum atomic E-state index is -0.231. The zero-order valence-electron chi connectivity index (χ0n) is 8.93. The molecule has 2 N–H and O–H groups in total. The lowest BCUT2D eigenvalue weighted by Gasteiger charge is -2.00. The molecule has 82 valence electrons. The zero-order chi connectivity index (χ0) is 11.5. The highest BCUT2D eigenvalue weighted by Gasteiger charge is 2.16. The summed E-state index contributed by atoms with van der Waals surface area (Å²) in [7, 11) is 0. The number of para-hydroxylation sites is 1. The second-order valence-electron chi connectivity index (χ2n) is 3.39. The predicted octanol–water partition coefficient (Wildman–Crippen LogP) is 2.05. The number of rotatable bonds is 3. The van der Waals surface area contributed by atoms with E-state index >= 15 is 0 Å². The van der Waals surface area contributed by atoms with Crippen molar-refractivity contribution in [2.45, 2.75) is 13.3 Å². The topological polar surface area (TPSA) is 69.1 Å². The molecule has 0 amide bonds. The van der Waals surface area contributed by atoms with E-state index in [1.165, 1.54) is 6.20 Å². The quantitative estimate of drug-likeness (QED) is 0.629. The maximum absolute atomic E-state index is 12.0. The van der Waals surface area contributed by atoms with Gasteiger partial charge in [0.25, 0.3) is 0 Å². The van der Waals surface area contributed by atoms with Crippen molar-refractivity contribution in [1.82, 2.24) is 4.98 Å². The third-order valence-electron chi connectivity index (χ3n) is 2.29. The molecule has 1 aromatic heterocycles. The van der Waals surface area contributed by atoms with Crippen LogP contribution in [0, 0.1) is 0 Å². The van der Waals surface area contributed by atoms with Crippen LogP contribution in [0.2, 0.25) is 0 Å². The molecule has 0 saturated heterocycles. The van der Waals surface area contributed by atoms with Crippen molar-refractivity contribution in [1.29, 1.82) is 0 Å². The summed E-state index contributed by atoms with van der Waals surface area (Å²) in [6.07, 6.45) is 2.10. The van der Waals surface area contributed by atoms with Crippen molar-refractivity contribution in [3.63, 3.8) is 0 Å². The molecule has 4 heteroatoms. The van der Waals surface area contributed by atoms with Crippen LogP contribution in [0.25, 0.3) is 0 Å². The molecule has 2 aromatic rings. The number of carbonyl (C=O) groups excluding carboxylic acids is 1. The number of aryl methyl sites for hydroxylation is 1. The first-order valence-electron chi connectivity index (χ1n) is 5.06. The molecule has 0 bridgehead atoms. The van der Waals surface area contributed by atoms with Crippen LogP contribution in [-0.4, -0.2) is 10.8 Å². The average molecular weight is 216 g/mol. The third-order valence-corrected chi connectivity index (χ3v) is 2.29. The number of carbonyl (C=O) groups is 1. The Bertz CT molecular complexity index is 517. The summed E-state index contributed by atoms with van der Waals surface area (Å²) in [5.74, 6) is 0.554. The molecule has 0 atom stereocenters. The molecule has 0 aliphatic heterocycles. The molecule has 0 unspecified atom stereocenters. The van der Waals surface area contributed by atoms with E-state index in [1.807, 2.05) is 6.92 Å². The third kappa shape index (κ3) is 1.82. The van der Waals surface area contributed by atoms with Gasteiger partial charge in [-0.25, -0.2) is 4.98 Å². The highest BCUT2D eigenvalue weighted by atomic mass is 16.4. The number of oxazole rings is 1. The van der Waals surface area contributed by atoms with Crippen LogP contribution in [-0.2, 0) is 6.42 Å². The first kappa shape index (κ1) is 10.4. The zero-order valence-corrected chi connectivity index (χ0v) is 8.93. The Morgan fingerprint density at radius 1 is 1.44 bits per heavy atom. The Balaban J connectivity index is 2.35. The number of hydrogen-bond acceptors (Lipinski definition) is 4. The van der Waals surface area contributed by atoms with Crippen LogP contribution in [0.1, 0.15) is 28.9 Å². The lowest BCUT2D eigenvalue weighted by molar-refractivity contribution is 0.101. The van der Waals surface area contributed by atoms with Crippen LogP contribution in [0.5, 0.6) is 0 Å². The van der Waals surface area contributed by atoms with Gasteiger partial charge in [-0.3, -0.25) is 4.79 Å². The van der Waals surface area contributed by atoms with Crippen molar-refractivity contribution in [2.75, 3.05) is 5.73 Å². The monoisotopic (exact) mass is 216 g/mol. The molecule has 2 rings (SSSR count). The summed E-state index contributed by atoms with van der Waals surface area (Å²) in [6, 6.07) is 6.90. The predicted molar refractivity (Wildman–Crippen MR) is 60.2 cm³/mol. The largest absolute Gasteiger partial charge is 0.437 e. The molecule has 1 heterocycles. The van der Waals surface area contributed by atoms with Crippen LogP contribution in [0.4, 0.5) is 5.69 Å². The van der Waals surface area contributed by atoms with Crippen molar-refractivity contribution in [3.05, 3.63) is 47.7 Å². The van der Waals surface area contributed by atoms with E-state index in [0.717, 1.165) is 0 Å². The van der Waals surface area contributed by atoms with Crippen LogP contribution in [0.15, 0.2) is 34.9 Å². The lowest BCUT2D eigenvalue weighted by Crippen LogP contribution is -2.03. The Hall–Kier alpha value is -2.10. The second kappa shape index (κ2) is 4.18. The number of nitrogens with two attached hydrogens (primary N) is 1. The molecule has 1 aromatic carbocycles. The average Bonchev–Trinajstić information content (AvgIpc) is 2.77. The van der Waals surface area contributed by atoms with Gasteiger partial charge in [-0.05, 0) is 12.1 Å². The van der Waals surface area contributed by atoms with Gasteiger partial charge in [0.1, 0.15) is 0 Å². The van der Waals surface area contributed by atoms with Gasteiger partial charge >= 0.3 is 0 Å². The minimum absolute atomic E-state index is 0.231. The van der Waals surface area contributed by atoms with Crippen molar-refractivity contribution in [3.8, 4) is 0 Å². The summed E-state index contributed by atoms with van der Waals surface area (Å²) in [5, 5.41) is 0. The summed E-state index contributed by atoms with van der Waals surface area (Å²) >= 11 is 0. The van der Waals surface area contributed by atoms with Gasteiger partial charge in [0.15, 0.2) is 11.7 Å². The highest BCUT2D eigenvalue weighted by Crippen LogP contribution is 2.16. The van der Waals surface area contributed by atoms with E-state index in [1.54, 1.807) is 24.3 Å². The summed E-state index contributed by atoms with van der Waals surface area (Å²) in [4.78, 5) is 16.0. The fourth-order valence-electron chi connectivity index (χ4n) is 1.42.